The monoisotopic (exact) mass is 307 g/mol. The molecule has 0 fully saturated rings. The van der Waals surface area contributed by atoms with E-state index in [0.717, 1.165) is 12.1 Å². The molecule has 2 aromatic carbocycles. The SMILES string of the molecule is CC(C)CNCc1c(Cl)cccc1Oc1cccc(F)c1. The largest absolute Gasteiger partial charge is 0.457 e. The number of ether oxygens (including phenoxy) is 1. The lowest BCUT2D eigenvalue weighted by atomic mass is 10.1. The van der Waals surface area contributed by atoms with E-state index in [1.165, 1.54) is 12.1 Å². The maximum atomic E-state index is 13.2. The second-order valence-corrected chi connectivity index (χ2v) is 5.71. The number of hydrogen-bond acceptors (Lipinski definition) is 2. The molecule has 0 atom stereocenters. The number of nitrogens with one attached hydrogen (secondary N) is 1. The van der Waals surface area contributed by atoms with Gasteiger partial charge in [0.1, 0.15) is 17.3 Å². The first kappa shape index (κ1) is 15.8. The average molecular weight is 308 g/mol. The maximum Gasteiger partial charge on any atom is 0.133 e. The first-order valence-electron chi connectivity index (χ1n) is 6.98. The van der Waals surface area contributed by atoms with Gasteiger partial charge in [-0.05, 0) is 36.7 Å². The van der Waals surface area contributed by atoms with Gasteiger partial charge in [-0.15, -0.1) is 0 Å². The Kier molecular flexibility index (Phi) is 5.59. The van der Waals surface area contributed by atoms with Crippen LogP contribution in [0.15, 0.2) is 42.5 Å². The van der Waals surface area contributed by atoms with E-state index in [1.807, 2.05) is 18.2 Å². The predicted molar refractivity (Wildman–Crippen MR) is 84.5 cm³/mol. The summed E-state index contributed by atoms with van der Waals surface area (Å²) in [6.45, 7) is 5.79. The Morgan fingerprint density at radius 2 is 1.95 bits per heavy atom. The topological polar surface area (TPSA) is 21.3 Å². The molecule has 0 radical (unpaired) electrons. The van der Waals surface area contributed by atoms with Crippen LogP contribution in [-0.2, 0) is 6.54 Å². The smallest absolute Gasteiger partial charge is 0.133 e. The summed E-state index contributed by atoms with van der Waals surface area (Å²) in [6.07, 6.45) is 0. The second-order valence-electron chi connectivity index (χ2n) is 5.30. The van der Waals surface area contributed by atoms with E-state index in [-0.39, 0.29) is 5.82 Å². The van der Waals surface area contributed by atoms with E-state index < -0.39 is 0 Å². The second kappa shape index (κ2) is 7.43. The molecule has 4 heteroatoms. The van der Waals surface area contributed by atoms with Gasteiger partial charge in [0.2, 0.25) is 0 Å². The number of hydrogen-bond donors (Lipinski definition) is 1. The van der Waals surface area contributed by atoms with Gasteiger partial charge in [0, 0.05) is 23.2 Å². The van der Waals surface area contributed by atoms with E-state index in [9.17, 15) is 4.39 Å². The minimum absolute atomic E-state index is 0.325. The molecule has 0 unspecified atom stereocenters. The van der Waals surface area contributed by atoms with E-state index in [1.54, 1.807) is 12.1 Å². The zero-order valence-electron chi connectivity index (χ0n) is 12.2. The van der Waals surface area contributed by atoms with Crippen LogP contribution in [0.4, 0.5) is 4.39 Å². The molecule has 1 N–H and O–H groups in total. The van der Waals surface area contributed by atoms with Gasteiger partial charge in [0.15, 0.2) is 0 Å². The lowest BCUT2D eigenvalue weighted by molar-refractivity contribution is 0.464. The van der Waals surface area contributed by atoms with Crippen LogP contribution in [0.2, 0.25) is 5.02 Å². The molecule has 0 saturated carbocycles. The lowest BCUT2D eigenvalue weighted by Gasteiger charge is -2.14. The third kappa shape index (κ3) is 4.73. The minimum atomic E-state index is -0.325. The molecular formula is C17H19ClFNO. The summed E-state index contributed by atoms with van der Waals surface area (Å²) in [5.41, 5.74) is 0.879. The Hall–Kier alpha value is -1.58. The molecule has 0 aliphatic heterocycles. The fourth-order valence-corrected chi connectivity index (χ4v) is 2.18. The molecule has 112 valence electrons. The molecule has 21 heavy (non-hydrogen) atoms. The third-order valence-electron chi connectivity index (χ3n) is 2.95. The molecule has 0 saturated heterocycles. The fraction of sp³-hybridized carbons (Fsp3) is 0.294. The molecule has 0 heterocycles. The minimum Gasteiger partial charge on any atom is -0.457 e. The molecule has 0 amide bonds. The van der Waals surface area contributed by atoms with Crippen molar-refractivity contribution in [2.45, 2.75) is 20.4 Å². The van der Waals surface area contributed by atoms with Crippen molar-refractivity contribution in [3.05, 3.63) is 58.9 Å². The Balaban J connectivity index is 2.16. The van der Waals surface area contributed by atoms with Gasteiger partial charge in [-0.3, -0.25) is 0 Å². The third-order valence-corrected chi connectivity index (χ3v) is 3.31. The summed E-state index contributed by atoms with van der Waals surface area (Å²) in [5.74, 6) is 1.33. The van der Waals surface area contributed by atoms with Crippen LogP contribution in [0, 0.1) is 11.7 Å². The number of rotatable bonds is 6. The average Bonchev–Trinajstić information content (AvgIpc) is 2.41. The molecule has 0 aliphatic carbocycles. The predicted octanol–water partition coefficient (Wildman–Crippen LogP) is 5.02. The van der Waals surface area contributed by atoms with Crippen LogP contribution in [0.3, 0.4) is 0 Å². The van der Waals surface area contributed by atoms with Crippen molar-refractivity contribution < 1.29 is 9.13 Å². The molecule has 2 nitrogen and oxygen atoms in total. The molecule has 0 aromatic heterocycles. The molecule has 0 bridgehead atoms. The Labute approximate surface area is 129 Å². The van der Waals surface area contributed by atoms with Gasteiger partial charge >= 0.3 is 0 Å². The number of halogens is 2. The molecular weight excluding hydrogens is 289 g/mol. The van der Waals surface area contributed by atoms with E-state index in [2.05, 4.69) is 19.2 Å². The van der Waals surface area contributed by atoms with Crippen molar-refractivity contribution in [3.63, 3.8) is 0 Å². The van der Waals surface area contributed by atoms with Crippen LogP contribution in [-0.4, -0.2) is 6.54 Å². The van der Waals surface area contributed by atoms with Crippen LogP contribution in [0.1, 0.15) is 19.4 Å². The Bertz CT molecular complexity index is 601. The normalized spacial score (nSPS) is 10.9. The Morgan fingerprint density at radius 1 is 1.19 bits per heavy atom. The molecule has 0 spiro atoms. The van der Waals surface area contributed by atoms with Crippen LogP contribution in [0.5, 0.6) is 11.5 Å². The van der Waals surface area contributed by atoms with Gasteiger partial charge in [-0.2, -0.15) is 0 Å². The summed E-state index contributed by atoms with van der Waals surface area (Å²) in [5, 5.41) is 3.98. The highest BCUT2D eigenvalue weighted by Gasteiger charge is 2.09. The quantitative estimate of drug-likeness (QED) is 0.809. The zero-order chi connectivity index (χ0) is 15.2. The summed E-state index contributed by atoms with van der Waals surface area (Å²) in [4.78, 5) is 0. The first-order chi connectivity index (χ1) is 10.1. The maximum absolute atomic E-state index is 13.2. The molecule has 2 rings (SSSR count). The van der Waals surface area contributed by atoms with Gasteiger partial charge < -0.3 is 10.1 Å². The summed E-state index contributed by atoms with van der Waals surface area (Å²) in [7, 11) is 0. The molecule has 2 aromatic rings. The zero-order valence-corrected chi connectivity index (χ0v) is 13.0. The van der Waals surface area contributed by atoms with Crippen LogP contribution < -0.4 is 10.1 Å². The number of benzene rings is 2. The van der Waals surface area contributed by atoms with Crippen molar-refractivity contribution in [2.75, 3.05) is 6.54 Å². The van der Waals surface area contributed by atoms with Crippen molar-refractivity contribution in [1.29, 1.82) is 0 Å². The first-order valence-corrected chi connectivity index (χ1v) is 7.35. The van der Waals surface area contributed by atoms with Crippen molar-refractivity contribution in [1.82, 2.24) is 5.32 Å². The Morgan fingerprint density at radius 3 is 2.67 bits per heavy atom. The van der Waals surface area contributed by atoms with Crippen molar-refractivity contribution >= 4 is 11.6 Å². The molecule has 0 aliphatic rings. The standard InChI is InChI=1S/C17H19ClFNO/c1-12(2)10-20-11-15-16(18)7-4-8-17(15)21-14-6-3-5-13(19)9-14/h3-9,12,20H,10-11H2,1-2H3. The highest BCUT2D eigenvalue weighted by atomic mass is 35.5. The highest BCUT2D eigenvalue weighted by molar-refractivity contribution is 6.31. The van der Waals surface area contributed by atoms with Gasteiger partial charge in [0.05, 0.1) is 0 Å². The van der Waals surface area contributed by atoms with Gasteiger partial charge in [0.25, 0.3) is 0 Å². The van der Waals surface area contributed by atoms with E-state index in [0.29, 0.717) is 29.0 Å². The summed E-state index contributed by atoms with van der Waals surface area (Å²) < 4.78 is 19.0. The lowest BCUT2D eigenvalue weighted by Crippen LogP contribution is -2.19. The summed E-state index contributed by atoms with van der Waals surface area (Å²) in [6, 6.07) is 11.6. The highest BCUT2D eigenvalue weighted by Crippen LogP contribution is 2.30. The van der Waals surface area contributed by atoms with Crippen LogP contribution in [0.25, 0.3) is 0 Å². The fourth-order valence-electron chi connectivity index (χ4n) is 1.95. The summed E-state index contributed by atoms with van der Waals surface area (Å²) >= 11 is 6.25. The van der Waals surface area contributed by atoms with Crippen molar-refractivity contribution in [2.24, 2.45) is 5.92 Å². The van der Waals surface area contributed by atoms with E-state index in [4.69, 9.17) is 16.3 Å². The van der Waals surface area contributed by atoms with Crippen LogP contribution >= 0.6 is 11.6 Å². The van der Waals surface area contributed by atoms with Gasteiger partial charge in [-0.1, -0.05) is 37.6 Å². The van der Waals surface area contributed by atoms with Crippen molar-refractivity contribution in [3.8, 4) is 11.5 Å². The van der Waals surface area contributed by atoms with E-state index >= 15 is 0 Å². The van der Waals surface area contributed by atoms with Gasteiger partial charge in [-0.25, -0.2) is 4.39 Å².